The van der Waals surface area contributed by atoms with Crippen LogP contribution in [0.3, 0.4) is 0 Å². The molecule has 1 heterocycles. The van der Waals surface area contributed by atoms with Gasteiger partial charge in [0.15, 0.2) is 17.3 Å². The molecule has 2 aromatic rings. The second-order valence-corrected chi connectivity index (χ2v) is 4.44. The topological polar surface area (TPSA) is 73.0 Å². The Kier molecular flexibility index (Phi) is 3.64. The molecule has 6 nitrogen and oxygen atoms in total. The summed E-state index contributed by atoms with van der Waals surface area (Å²) in [7, 11) is 0. The molecular formula is C12H12F2N4O2. The van der Waals surface area contributed by atoms with E-state index < -0.39 is 27.9 Å². The minimum absolute atomic E-state index is 0.0814. The number of anilines is 2. The van der Waals surface area contributed by atoms with Crippen LogP contribution in [0.4, 0.5) is 25.8 Å². The highest BCUT2D eigenvalue weighted by atomic mass is 19.2. The lowest BCUT2D eigenvalue weighted by molar-refractivity contribution is -0.384. The van der Waals surface area contributed by atoms with Gasteiger partial charge in [0, 0.05) is 18.3 Å². The molecule has 1 aromatic heterocycles. The van der Waals surface area contributed by atoms with E-state index in [0.29, 0.717) is 5.69 Å². The molecule has 0 aliphatic rings. The molecule has 1 N–H and O–H groups in total. The minimum atomic E-state index is -1.29. The van der Waals surface area contributed by atoms with E-state index in [4.69, 9.17) is 0 Å². The average Bonchev–Trinajstić information content (AvgIpc) is 2.83. The van der Waals surface area contributed by atoms with Gasteiger partial charge in [0.2, 0.25) is 0 Å². The van der Waals surface area contributed by atoms with E-state index in [1.807, 2.05) is 13.8 Å². The Morgan fingerprint density at radius 2 is 2.10 bits per heavy atom. The minimum Gasteiger partial charge on any atom is -0.345 e. The number of nitrogens with zero attached hydrogens (tertiary/aromatic N) is 3. The summed E-state index contributed by atoms with van der Waals surface area (Å²) in [6, 6.07) is 1.71. The maximum atomic E-state index is 13.7. The molecule has 106 valence electrons. The van der Waals surface area contributed by atoms with Gasteiger partial charge in [-0.1, -0.05) is 0 Å². The molecular weight excluding hydrogens is 270 g/mol. The first kappa shape index (κ1) is 13.9. The van der Waals surface area contributed by atoms with Gasteiger partial charge < -0.3 is 5.32 Å². The summed E-state index contributed by atoms with van der Waals surface area (Å²) in [5, 5.41) is 17.3. The zero-order valence-electron chi connectivity index (χ0n) is 10.8. The third-order valence-electron chi connectivity index (χ3n) is 2.67. The largest absolute Gasteiger partial charge is 0.345 e. The molecule has 0 amide bonds. The fourth-order valence-electron chi connectivity index (χ4n) is 1.64. The summed E-state index contributed by atoms with van der Waals surface area (Å²) in [6.45, 7) is 3.78. The van der Waals surface area contributed by atoms with Crippen molar-refractivity contribution in [3.63, 3.8) is 0 Å². The molecule has 20 heavy (non-hydrogen) atoms. The first-order chi connectivity index (χ1) is 9.40. The number of halogens is 2. The van der Waals surface area contributed by atoms with Crippen LogP contribution in [0.1, 0.15) is 19.9 Å². The number of rotatable bonds is 4. The molecule has 0 saturated carbocycles. The van der Waals surface area contributed by atoms with Crippen LogP contribution < -0.4 is 5.32 Å². The average molecular weight is 282 g/mol. The zero-order chi connectivity index (χ0) is 14.9. The van der Waals surface area contributed by atoms with Crippen LogP contribution in [0.2, 0.25) is 0 Å². The van der Waals surface area contributed by atoms with E-state index in [1.165, 1.54) is 6.20 Å². The Morgan fingerprint density at radius 1 is 1.40 bits per heavy atom. The maximum absolute atomic E-state index is 13.7. The van der Waals surface area contributed by atoms with Crippen molar-refractivity contribution >= 4 is 17.1 Å². The molecule has 0 spiro atoms. The Morgan fingerprint density at radius 3 is 2.65 bits per heavy atom. The number of hydrogen-bond acceptors (Lipinski definition) is 4. The van der Waals surface area contributed by atoms with E-state index in [-0.39, 0.29) is 6.04 Å². The third kappa shape index (κ3) is 2.58. The van der Waals surface area contributed by atoms with Crippen molar-refractivity contribution in [1.29, 1.82) is 0 Å². The number of hydrogen-bond donors (Lipinski definition) is 1. The van der Waals surface area contributed by atoms with E-state index in [9.17, 15) is 18.9 Å². The summed E-state index contributed by atoms with van der Waals surface area (Å²) in [5.41, 5.74) is -0.717. The Bertz CT molecular complexity index is 655. The van der Waals surface area contributed by atoms with Crippen LogP contribution in [0.5, 0.6) is 0 Å². The van der Waals surface area contributed by atoms with Crippen molar-refractivity contribution in [2.75, 3.05) is 5.32 Å². The van der Waals surface area contributed by atoms with Crippen LogP contribution in [0, 0.1) is 21.7 Å². The third-order valence-corrected chi connectivity index (χ3v) is 2.67. The highest BCUT2D eigenvalue weighted by molar-refractivity contribution is 5.69. The smallest absolute Gasteiger partial charge is 0.295 e. The molecule has 0 saturated heterocycles. The first-order valence-electron chi connectivity index (χ1n) is 5.83. The molecule has 2 rings (SSSR count). The zero-order valence-corrected chi connectivity index (χ0v) is 10.8. The molecule has 8 heteroatoms. The van der Waals surface area contributed by atoms with Crippen molar-refractivity contribution in [1.82, 2.24) is 9.78 Å². The SMILES string of the molecule is CC(C)n1cc(Nc2c([N+](=O)[O-])ccc(F)c2F)cn1. The summed E-state index contributed by atoms with van der Waals surface area (Å²) in [6.07, 6.45) is 2.94. The highest BCUT2D eigenvalue weighted by Crippen LogP contribution is 2.31. The molecule has 0 radical (unpaired) electrons. The number of nitro benzene ring substituents is 1. The summed E-state index contributed by atoms with van der Waals surface area (Å²) < 4.78 is 28.5. The quantitative estimate of drug-likeness (QED) is 0.689. The van der Waals surface area contributed by atoms with Crippen LogP contribution in [-0.4, -0.2) is 14.7 Å². The second kappa shape index (κ2) is 5.24. The second-order valence-electron chi connectivity index (χ2n) is 4.44. The maximum Gasteiger partial charge on any atom is 0.295 e. The van der Waals surface area contributed by atoms with Crippen LogP contribution in [0.25, 0.3) is 0 Å². The molecule has 0 aliphatic carbocycles. The van der Waals surface area contributed by atoms with E-state index >= 15 is 0 Å². The normalized spacial score (nSPS) is 10.8. The van der Waals surface area contributed by atoms with Crippen molar-refractivity contribution < 1.29 is 13.7 Å². The van der Waals surface area contributed by atoms with Gasteiger partial charge in [0.05, 0.1) is 16.8 Å². The van der Waals surface area contributed by atoms with Gasteiger partial charge in [-0.25, -0.2) is 8.78 Å². The van der Waals surface area contributed by atoms with Crippen molar-refractivity contribution in [3.05, 3.63) is 46.3 Å². The summed E-state index contributed by atoms with van der Waals surface area (Å²) in [4.78, 5) is 10.1. The van der Waals surface area contributed by atoms with Gasteiger partial charge in [-0.05, 0) is 19.9 Å². The molecule has 1 aromatic carbocycles. The number of aromatic nitrogens is 2. The summed E-state index contributed by atoms with van der Waals surface area (Å²) >= 11 is 0. The molecule has 0 aliphatic heterocycles. The predicted octanol–water partition coefficient (Wildman–Crippen LogP) is 3.39. The molecule has 0 atom stereocenters. The lowest BCUT2D eigenvalue weighted by atomic mass is 10.2. The molecule has 0 bridgehead atoms. The predicted molar refractivity (Wildman–Crippen MR) is 68.9 cm³/mol. The van der Waals surface area contributed by atoms with E-state index in [2.05, 4.69) is 10.4 Å². The fourth-order valence-corrected chi connectivity index (χ4v) is 1.64. The number of benzene rings is 1. The van der Waals surface area contributed by atoms with Crippen molar-refractivity contribution in [2.45, 2.75) is 19.9 Å². The monoisotopic (exact) mass is 282 g/mol. The lowest BCUT2D eigenvalue weighted by Crippen LogP contribution is -2.02. The van der Waals surface area contributed by atoms with Crippen molar-refractivity contribution in [3.8, 4) is 0 Å². The van der Waals surface area contributed by atoms with Gasteiger partial charge in [-0.2, -0.15) is 5.10 Å². The van der Waals surface area contributed by atoms with Gasteiger partial charge >= 0.3 is 0 Å². The fraction of sp³-hybridized carbons (Fsp3) is 0.250. The Balaban J connectivity index is 2.41. The van der Waals surface area contributed by atoms with E-state index in [1.54, 1.807) is 10.9 Å². The Labute approximate surface area is 113 Å². The Hall–Kier alpha value is -2.51. The van der Waals surface area contributed by atoms with Crippen molar-refractivity contribution in [2.24, 2.45) is 0 Å². The molecule has 0 unspecified atom stereocenters. The highest BCUT2D eigenvalue weighted by Gasteiger charge is 2.22. The lowest BCUT2D eigenvalue weighted by Gasteiger charge is -2.07. The van der Waals surface area contributed by atoms with Crippen LogP contribution >= 0.6 is 0 Å². The number of nitrogens with one attached hydrogen (secondary N) is 1. The van der Waals surface area contributed by atoms with Crippen LogP contribution in [0.15, 0.2) is 24.5 Å². The van der Waals surface area contributed by atoms with Gasteiger partial charge in [-0.15, -0.1) is 0 Å². The van der Waals surface area contributed by atoms with Gasteiger partial charge in [0.25, 0.3) is 5.69 Å². The van der Waals surface area contributed by atoms with Crippen LogP contribution in [-0.2, 0) is 0 Å². The molecule has 0 fully saturated rings. The van der Waals surface area contributed by atoms with E-state index in [0.717, 1.165) is 12.1 Å². The standard InChI is InChI=1S/C12H12F2N4O2/c1-7(2)17-6-8(5-15-17)16-12-10(18(19)20)4-3-9(13)11(12)14/h3-7,16H,1-2H3. The summed E-state index contributed by atoms with van der Waals surface area (Å²) in [5.74, 6) is -2.45. The number of nitro groups is 1. The van der Waals surface area contributed by atoms with Gasteiger partial charge in [0.1, 0.15) is 0 Å². The first-order valence-corrected chi connectivity index (χ1v) is 5.83. The van der Waals surface area contributed by atoms with Gasteiger partial charge in [-0.3, -0.25) is 14.8 Å².